The van der Waals surface area contributed by atoms with E-state index in [-0.39, 0.29) is 0 Å². The lowest BCUT2D eigenvalue weighted by molar-refractivity contribution is 0.457. The average molecular weight is 247 g/mol. The van der Waals surface area contributed by atoms with Crippen molar-refractivity contribution in [3.8, 4) is 11.6 Å². The predicted molar refractivity (Wildman–Crippen MR) is 68.9 cm³/mol. The van der Waals surface area contributed by atoms with Crippen LogP contribution in [0.3, 0.4) is 0 Å². The van der Waals surface area contributed by atoms with Crippen LogP contribution in [0.4, 0.5) is 5.95 Å². The summed E-state index contributed by atoms with van der Waals surface area (Å²) >= 11 is 0. The normalized spacial score (nSPS) is 10.4. The average Bonchev–Trinajstić information content (AvgIpc) is 2.81. The first kappa shape index (κ1) is 12.3. The molecule has 0 unspecified atom stereocenters. The van der Waals surface area contributed by atoms with Crippen molar-refractivity contribution in [3.05, 3.63) is 24.2 Å². The van der Waals surface area contributed by atoms with E-state index < -0.39 is 0 Å². The Bertz CT molecular complexity index is 523. The van der Waals surface area contributed by atoms with Crippen molar-refractivity contribution >= 4 is 5.95 Å². The molecular formula is C12H17N5O. The van der Waals surface area contributed by atoms with Gasteiger partial charge in [0, 0.05) is 24.8 Å². The Balaban J connectivity index is 2.19. The molecule has 18 heavy (non-hydrogen) atoms. The van der Waals surface area contributed by atoms with Gasteiger partial charge in [0.15, 0.2) is 5.75 Å². The summed E-state index contributed by atoms with van der Waals surface area (Å²) in [4.78, 5) is 8.48. The topological polar surface area (TPSA) is 64.9 Å². The minimum atomic E-state index is 0.552. The molecule has 96 valence electrons. The first-order chi connectivity index (χ1) is 8.72. The lowest BCUT2D eigenvalue weighted by atomic mass is 10.4. The minimum absolute atomic E-state index is 0.552. The number of hydrogen-bond acceptors (Lipinski definition) is 5. The van der Waals surface area contributed by atoms with Gasteiger partial charge in [-0.25, -0.2) is 4.98 Å². The van der Waals surface area contributed by atoms with Crippen molar-refractivity contribution in [2.75, 3.05) is 11.9 Å². The van der Waals surface area contributed by atoms with Gasteiger partial charge >= 0.3 is 0 Å². The summed E-state index contributed by atoms with van der Waals surface area (Å²) < 4.78 is 7.51. The molecular weight excluding hydrogens is 230 g/mol. The van der Waals surface area contributed by atoms with Crippen LogP contribution in [0.2, 0.25) is 0 Å². The second-order valence-electron chi connectivity index (χ2n) is 3.85. The van der Waals surface area contributed by atoms with Gasteiger partial charge in [-0.3, -0.25) is 4.68 Å². The van der Waals surface area contributed by atoms with Crippen LogP contribution in [0.1, 0.15) is 19.4 Å². The Labute approximate surface area is 106 Å². The fourth-order valence-electron chi connectivity index (χ4n) is 1.45. The molecule has 0 aromatic carbocycles. The van der Waals surface area contributed by atoms with Crippen LogP contribution in [0.25, 0.3) is 0 Å². The van der Waals surface area contributed by atoms with Gasteiger partial charge in [-0.15, -0.1) is 0 Å². The highest BCUT2D eigenvalue weighted by Gasteiger charge is 2.07. The molecule has 0 saturated heterocycles. The quantitative estimate of drug-likeness (QED) is 0.877. The maximum Gasteiger partial charge on any atom is 0.227 e. The van der Waals surface area contributed by atoms with Gasteiger partial charge in [0.1, 0.15) is 0 Å². The molecule has 6 heteroatoms. The first-order valence-corrected chi connectivity index (χ1v) is 6.00. The Morgan fingerprint density at radius 3 is 2.83 bits per heavy atom. The van der Waals surface area contributed by atoms with Crippen LogP contribution in [0, 0.1) is 6.92 Å². The lowest BCUT2D eigenvalue weighted by Gasteiger charge is -2.07. The number of nitrogens with one attached hydrogen (secondary N) is 1. The van der Waals surface area contributed by atoms with Crippen LogP contribution in [-0.4, -0.2) is 26.3 Å². The molecule has 0 aliphatic heterocycles. The summed E-state index contributed by atoms with van der Waals surface area (Å²) in [6.07, 6.45) is 5.26. The van der Waals surface area contributed by atoms with E-state index >= 15 is 0 Å². The zero-order chi connectivity index (χ0) is 13.0. The number of rotatable bonds is 5. The highest BCUT2D eigenvalue weighted by Crippen LogP contribution is 2.22. The highest BCUT2D eigenvalue weighted by atomic mass is 16.5. The van der Waals surface area contributed by atoms with E-state index in [1.165, 1.54) is 0 Å². The number of nitrogens with zero attached hydrogens (tertiary/aromatic N) is 4. The number of aromatic nitrogens is 4. The number of anilines is 1. The van der Waals surface area contributed by atoms with Crippen LogP contribution in [0.5, 0.6) is 11.6 Å². The van der Waals surface area contributed by atoms with E-state index in [9.17, 15) is 0 Å². The van der Waals surface area contributed by atoms with Crippen molar-refractivity contribution in [2.45, 2.75) is 27.3 Å². The van der Waals surface area contributed by atoms with Gasteiger partial charge in [-0.05, 0) is 20.8 Å². The second kappa shape index (κ2) is 5.48. The van der Waals surface area contributed by atoms with Crippen LogP contribution in [-0.2, 0) is 6.54 Å². The molecule has 0 aliphatic carbocycles. The summed E-state index contributed by atoms with van der Waals surface area (Å²) in [5.74, 6) is 1.80. The van der Waals surface area contributed by atoms with Gasteiger partial charge in [-0.1, -0.05) is 0 Å². The van der Waals surface area contributed by atoms with Gasteiger partial charge in [-0.2, -0.15) is 10.1 Å². The summed E-state index contributed by atoms with van der Waals surface area (Å²) in [6, 6.07) is 0. The third-order valence-electron chi connectivity index (χ3n) is 2.41. The molecule has 2 aromatic rings. The van der Waals surface area contributed by atoms with Crippen molar-refractivity contribution in [3.63, 3.8) is 0 Å². The maximum absolute atomic E-state index is 5.70. The largest absolute Gasteiger partial charge is 0.435 e. The first-order valence-electron chi connectivity index (χ1n) is 6.00. The predicted octanol–water partition coefficient (Wildman–Crippen LogP) is 2.23. The van der Waals surface area contributed by atoms with Gasteiger partial charge in [0.25, 0.3) is 0 Å². The zero-order valence-corrected chi connectivity index (χ0v) is 10.8. The Morgan fingerprint density at radius 2 is 2.17 bits per heavy atom. The molecule has 0 spiro atoms. The molecule has 2 heterocycles. The summed E-state index contributed by atoms with van der Waals surface area (Å²) in [7, 11) is 0. The van der Waals surface area contributed by atoms with Gasteiger partial charge in [0.2, 0.25) is 11.8 Å². The van der Waals surface area contributed by atoms with Gasteiger partial charge in [0.05, 0.1) is 12.4 Å². The summed E-state index contributed by atoms with van der Waals surface area (Å²) in [5, 5.41) is 7.21. The molecule has 0 bridgehead atoms. The second-order valence-corrected chi connectivity index (χ2v) is 3.85. The van der Waals surface area contributed by atoms with E-state index in [0.29, 0.717) is 17.6 Å². The number of ether oxygens (including phenoxy) is 1. The smallest absolute Gasteiger partial charge is 0.227 e. The molecule has 0 fully saturated rings. The third-order valence-corrected chi connectivity index (χ3v) is 2.41. The Morgan fingerprint density at radius 1 is 1.33 bits per heavy atom. The zero-order valence-electron chi connectivity index (χ0n) is 10.8. The maximum atomic E-state index is 5.70. The van der Waals surface area contributed by atoms with E-state index in [0.717, 1.165) is 18.7 Å². The molecule has 2 aromatic heterocycles. The fourth-order valence-corrected chi connectivity index (χ4v) is 1.45. The lowest BCUT2D eigenvalue weighted by Crippen LogP contribution is -2.03. The SMILES string of the molecule is CCNc1ncc(C)c(Oc2cnn(CC)c2)n1. The Hall–Kier alpha value is -2.11. The van der Waals surface area contributed by atoms with Crippen molar-refractivity contribution in [2.24, 2.45) is 0 Å². The minimum Gasteiger partial charge on any atom is -0.435 e. The van der Waals surface area contributed by atoms with E-state index in [4.69, 9.17) is 4.74 Å². The highest BCUT2D eigenvalue weighted by molar-refractivity contribution is 5.34. The van der Waals surface area contributed by atoms with Crippen molar-refractivity contribution in [1.82, 2.24) is 19.7 Å². The Kier molecular flexibility index (Phi) is 3.76. The van der Waals surface area contributed by atoms with Gasteiger partial charge < -0.3 is 10.1 Å². The fraction of sp³-hybridized carbons (Fsp3) is 0.417. The molecule has 0 atom stereocenters. The molecule has 0 amide bonds. The van der Waals surface area contributed by atoms with Crippen LogP contribution in [0.15, 0.2) is 18.6 Å². The third kappa shape index (κ3) is 2.77. The van der Waals surface area contributed by atoms with E-state index in [1.54, 1.807) is 17.1 Å². The molecule has 1 N–H and O–H groups in total. The standard InChI is InChI=1S/C12H17N5O/c1-4-13-12-14-6-9(3)11(16-12)18-10-7-15-17(5-2)8-10/h6-8H,4-5H2,1-3H3,(H,13,14,16). The van der Waals surface area contributed by atoms with Crippen LogP contribution < -0.4 is 10.1 Å². The summed E-state index contributed by atoms with van der Waals surface area (Å²) in [5.41, 5.74) is 0.890. The van der Waals surface area contributed by atoms with Crippen molar-refractivity contribution < 1.29 is 4.74 Å². The molecule has 0 saturated carbocycles. The monoisotopic (exact) mass is 247 g/mol. The van der Waals surface area contributed by atoms with Crippen LogP contribution >= 0.6 is 0 Å². The number of aryl methyl sites for hydroxylation is 2. The molecule has 0 aliphatic rings. The molecule has 6 nitrogen and oxygen atoms in total. The number of hydrogen-bond donors (Lipinski definition) is 1. The van der Waals surface area contributed by atoms with E-state index in [2.05, 4.69) is 20.4 Å². The summed E-state index contributed by atoms with van der Waals surface area (Å²) in [6.45, 7) is 7.52. The van der Waals surface area contributed by atoms with Crippen molar-refractivity contribution in [1.29, 1.82) is 0 Å². The molecule has 2 rings (SSSR count). The van der Waals surface area contributed by atoms with E-state index in [1.807, 2.05) is 27.0 Å². The molecule has 0 radical (unpaired) electrons.